The third-order valence-electron chi connectivity index (χ3n) is 7.80. The Morgan fingerprint density at radius 2 is 1.86 bits per heavy atom. The third-order valence-corrected chi connectivity index (χ3v) is 8.82. The minimum Gasteiger partial charge on any atom is -0.491 e. The number of imidazole rings is 1. The van der Waals surface area contributed by atoms with Gasteiger partial charge in [-0.1, -0.05) is 37.3 Å². The second kappa shape index (κ2) is 16.3. The first-order valence-corrected chi connectivity index (χ1v) is 17.4. The molecule has 0 fully saturated rings. The second-order valence-electron chi connectivity index (χ2n) is 11.7. The van der Waals surface area contributed by atoms with E-state index < -0.39 is 11.8 Å². The van der Waals surface area contributed by atoms with Crippen LogP contribution >= 0.6 is 11.3 Å². The zero-order valence-electron chi connectivity index (χ0n) is 29.2. The number of aromatic nitrogens is 5. The van der Waals surface area contributed by atoms with Crippen molar-refractivity contribution in [3.8, 4) is 5.75 Å². The smallest absolute Gasteiger partial charge is 0.317 e. The molecule has 0 aliphatic heterocycles. The van der Waals surface area contributed by atoms with Gasteiger partial charge in [0.1, 0.15) is 23.4 Å². The van der Waals surface area contributed by atoms with Crippen molar-refractivity contribution in [3.63, 3.8) is 0 Å². The fourth-order valence-electron chi connectivity index (χ4n) is 5.46. The fraction of sp³-hybridized carbons (Fsp3) is 0.333. The van der Waals surface area contributed by atoms with Crippen LogP contribution in [-0.2, 0) is 29.1 Å². The third kappa shape index (κ3) is 8.55. The highest BCUT2D eigenvalue weighted by Crippen LogP contribution is 2.30. The first-order chi connectivity index (χ1) is 24.5. The average Bonchev–Trinajstić information content (AvgIpc) is 3.75. The maximum absolute atomic E-state index is 13.3. The van der Waals surface area contributed by atoms with Crippen LogP contribution in [0, 0.1) is 13.8 Å². The summed E-state index contributed by atoms with van der Waals surface area (Å²) in [4.78, 5) is 66.5. The molecule has 0 radical (unpaired) electrons. The van der Waals surface area contributed by atoms with Gasteiger partial charge in [-0.25, -0.2) is 15.0 Å². The van der Waals surface area contributed by atoms with Crippen LogP contribution in [0.4, 0.5) is 0 Å². The largest absolute Gasteiger partial charge is 0.491 e. The van der Waals surface area contributed by atoms with Crippen LogP contribution in [0.25, 0.3) is 27.5 Å². The van der Waals surface area contributed by atoms with E-state index in [1.165, 1.54) is 24.5 Å². The number of fused-ring (bicyclic) bond motifs is 2. The minimum atomic E-state index is -0.618. The highest BCUT2D eigenvalue weighted by Gasteiger charge is 2.19. The number of nitrogens with zero attached hydrogens (tertiary/aromatic N) is 6. The number of unbranched alkanes of at least 4 members (excludes halogenated alkanes) is 1. The predicted octanol–water partition coefficient (Wildman–Crippen LogP) is 4.96. The van der Waals surface area contributed by atoms with Gasteiger partial charge in [-0.15, -0.1) is 0 Å². The number of rotatable bonds is 15. The lowest BCUT2D eigenvalue weighted by Crippen LogP contribution is -2.18. The monoisotopic (exact) mass is 712 g/mol. The number of thiazole rings is 1. The predicted molar refractivity (Wildman–Crippen MR) is 193 cm³/mol. The van der Waals surface area contributed by atoms with Gasteiger partial charge < -0.3 is 29.6 Å². The number of amides is 3. The number of carbonyl (C=O) groups excluding carboxylic acids is 4. The van der Waals surface area contributed by atoms with Crippen molar-refractivity contribution in [3.05, 3.63) is 81.3 Å². The Balaban J connectivity index is 1.55. The number of nitrogens with one attached hydrogen (secondary N) is 1. The van der Waals surface area contributed by atoms with Gasteiger partial charge in [0.25, 0.3) is 0 Å². The SMILES string of the molecule is CC/C(=C\c1nc2cc(C)cc(OCCCC=O)c2n1C/C=C/Cn1c(=NC(=O)c2oc(C)nc2CC)sc2cc(C(N)=O)cnc21)NC(C)=O. The molecule has 0 saturated heterocycles. The van der Waals surface area contributed by atoms with E-state index in [0.29, 0.717) is 82.8 Å². The van der Waals surface area contributed by atoms with Gasteiger partial charge in [-0.2, -0.15) is 4.99 Å². The van der Waals surface area contributed by atoms with Crippen molar-refractivity contribution < 1.29 is 28.3 Å². The first kappa shape index (κ1) is 36.6. The molecule has 5 aromatic rings. The average molecular weight is 713 g/mol. The molecule has 3 amide bonds. The van der Waals surface area contributed by atoms with Gasteiger partial charge >= 0.3 is 5.91 Å². The minimum absolute atomic E-state index is 0.0815. The van der Waals surface area contributed by atoms with Crippen molar-refractivity contribution in [2.75, 3.05) is 6.61 Å². The fourth-order valence-corrected chi connectivity index (χ4v) is 6.50. The molecule has 51 heavy (non-hydrogen) atoms. The molecule has 266 valence electrons. The molecule has 0 atom stereocenters. The maximum Gasteiger partial charge on any atom is 0.317 e. The molecule has 0 aliphatic rings. The second-order valence-corrected chi connectivity index (χ2v) is 12.7. The van der Waals surface area contributed by atoms with Crippen LogP contribution in [0.5, 0.6) is 5.75 Å². The molecule has 0 aliphatic carbocycles. The van der Waals surface area contributed by atoms with E-state index in [2.05, 4.69) is 20.3 Å². The summed E-state index contributed by atoms with van der Waals surface area (Å²) in [6.45, 7) is 9.94. The van der Waals surface area contributed by atoms with E-state index in [-0.39, 0.29) is 23.8 Å². The highest BCUT2D eigenvalue weighted by molar-refractivity contribution is 7.16. The number of allylic oxidation sites excluding steroid dienone is 3. The molecule has 15 heteroatoms. The molecule has 0 spiro atoms. The lowest BCUT2D eigenvalue weighted by Gasteiger charge is -2.12. The number of carbonyl (C=O) groups is 4. The van der Waals surface area contributed by atoms with Crippen molar-refractivity contribution in [1.82, 2.24) is 29.4 Å². The summed E-state index contributed by atoms with van der Waals surface area (Å²) >= 11 is 1.20. The van der Waals surface area contributed by atoms with Crippen molar-refractivity contribution >= 4 is 62.8 Å². The normalized spacial score (nSPS) is 12.3. The molecule has 5 rings (SSSR count). The topological polar surface area (TPSA) is 190 Å². The Kier molecular flexibility index (Phi) is 11.7. The molecular formula is C36H40N8O6S. The van der Waals surface area contributed by atoms with Gasteiger partial charge in [0.15, 0.2) is 16.3 Å². The standard InChI is InChI=1S/C36H40N8O6S/c1-6-25(39-22(4)46)19-30-41-27-16-21(3)17-28(49-15-11-10-14-45)31(27)43(30)12-8-9-13-44-34-29(18-24(20-38-34)33(37)47)51-36(44)42-35(48)32-26(7-2)40-23(5)50-32/h8-9,14,16-20H,6-7,10-13,15H2,1-5H3,(H2,37,47)(H,39,46)/b9-8+,25-19+,42-36?. The summed E-state index contributed by atoms with van der Waals surface area (Å²) < 4.78 is 16.2. The van der Waals surface area contributed by atoms with Crippen LogP contribution in [-0.4, -0.2) is 54.7 Å². The number of benzene rings is 1. The van der Waals surface area contributed by atoms with Gasteiger partial charge in [-0.05, 0) is 49.9 Å². The molecule has 3 N–H and O–H groups in total. The van der Waals surface area contributed by atoms with Crippen LogP contribution in [0.3, 0.4) is 0 Å². The van der Waals surface area contributed by atoms with E-state index in [9.17, 15) is 19.2 Å². The zero-order valence-corrected chi connectivity index (χ0v) is 30.0. The molecule has 0 bridgehead atoms. The van der Waals surface area contributed by atoms with E-state index in [1.54, 1.807) is 17.6 Å². The van der Waals surface area contributed by atoms with Gasteiger partial charge in [0, 0.05) is 51.3 Å². The zero-order chi connectivity index (χ0) is 36.7. The Hall–Kier alpha value is -5.70. The Morgan fingerprint density at radius 1 is 1.10 bits per heavy atom. The number of pyridine rings is 1. The van der Waals surface area contributed by atoms with Crippen LogP contribution in [0.15, 0.2) is 51.7 Å². The molecule has 1 aromatic carbocycles. The molecule has 0 saturated carbocycles. The van der Waals surface area contributed by atoms with Gasteiger partial charge in [0.2, 0.25) is 17.6 Å². The lowest BCUT2D eigenvalue weighted by atomic mass is 10.2. The summed E-state index contributed by atoms with van der Waals surface area (Å²) in [5.74, 6) is 0.338. The number of ether oxygens (including phenoxy) is 1. The highest BCUT2D eigenvalue weighted by atomic mass is 32.1. The van der Waals surface area contributed by atoms with E-state index in [0.717, 1.165) is 22.9 Å². The lowest BCUT2D eigenvalue weighted by molar-refractivity contribution is -0.118. The van der Waals surface area contributed by atoms with Crippen molar-refractivity contribution in [1.29, 1.82) is 0 Å². The van der Waals surface area contributed by atoms with Crippen LogP contribution < -0.4 is 20.6 Å². The summed E-state index contributed by atoms with van der Waals surface area (Å²) in [5.41, 5.74) is 9.96. The Morgan fingerprint density at radius 3 is 2.55 bits per heavy atom. The van der Waals surface area contributed by atoms with Gasteiger partial charge in [0.05, 0.1) is 28.1 Å². The summed E-state index contributed by atoms with van der Waals surface area (Å²) in [6.07, 6.45) is 10.0. The quantitative estimate of drug-likeness (QED) is 0.0859. The number of nitrogens with two attached hydrogens (primary N) is 1. The first-order valence-electron chi connectivity index (χ1n) is 16.6. The van der Waals surface area contributed by atoms with Crippen LogP contribution in [0.2, 0.25) is 0 Å². The van der Waals surface area contributed by atoms with Crippen LogP contribution in [0.1, 0.15) is 83.9 Å². The number of aryl methyl sites for hydroxylation is 3. The Labute approximate surface area is 297 Å². The number of oxazole rings is 1. The van der Waals surface area contributed by atoms with E-state index in [1.807, 2.05) is 55.7 Å². The molecular weight excluding hydrogens is 673 g/mol. The van der Waals surface area contributed by atoms with Crippen molar-refractivity contribution in [2.24, 2.45) is 10.7 Å². The summed E-state index contributed by atoms with van der Waals surface area (Å²) in [5, 5.41) is 2.88. The number of hydrogen-bond donors (Lipinski definition) is 2. The Bertz CT molecular complexity index is 2250. The molecule has 14 nitrogen and oxygen atoms in total. The van der Waals surface area contributed by atoms with E-state index >= 15 is 0 Å². The van der Waals surface area contributed by atoms with Crippen molar-refractivity contribution in [2.45, 2.75) is 73.4 Å². The number of primary amides is 1. The molecule has 4 heterocycles. The van der Waals surface area contributed by atoms with E-state index in [4.69, 9.17) is 19.9 Å². The molecule has 0 unspecified atom stereocenters. The molecule has 4 aromatic heterocycles. The summed E-state index contributed by atoms with van der Waals surface area (Å²) in [7, 11) is 0. The maximum atomic E-state index is 13.3. The number of aldehydes is 1. The number of hydrogen-bond acceptors (Lipinski definition) is 10. The summed E-state index contributed by atoms with van der Waals surface area (Å²) in [6, 6.07) is 5.54. The van der Waals surface area contributed by atoms with Gasteiger partial charge in [-0.3, -0.25) is 19.0 Å².